The maximum atomic E-state index is 12.1. The highest BCUT2D eigenvalue weighted by molar-refractivity contribution is 5.65. The third kappa shape index (κ3) is 15.3. The van der Waals surface area contributed by atoms with Crippen molar-refractivity contribution < 1.29 is 42.5 Å². The fourth-order valence-corrected chi connectivity index (χ4v) is 1.99. The number of hydrogen-bond acceptors (Lipinski definition) is 10. The Morgan fingerprint density at radius 2 is 1.19 bits per heavy atom. The van der Waals surface area contributed by atoms with Crippen molar-refractivity contribution in [2.75, 3.05) is 65.7 Å². The number of halogens is 1. The van der Waals surface area contributed by atoms with Crippen molar-refractivity contribution >= 4 is 25.1 Å². The molecule has 0 aromatic rings. The molecule has 0 radical (unpaired) electrons. The molecular weight excluding hydrogens is 355 g/mol. The van der Waals surface area contributed by atoms with E-state index in [9.17, 15) is 23.6 Å². The van der Waals surface area contributed by atoms with E-state index in [1.807, 2.05) is 9.80 Å². The summed E-state index contributed by atoms with van der Waals surface area (Å²) < 4.78 is 30.6. The minimum Gasteiger partial charge on any atom is -0.467 e. The van der Waals surface area contributed by atoms with Gasteiger partial charge in [-0.3, -0.25) is 24.2 Å². The van der Waals surface area contributed by atoms with Crippen molar-refractivity contribution in [3.05, 3.63) is 0 Å². The molecular formula is C15H25FN2O8. The summed E-state index contributed by atoms with van der Waals surface area (Å²) in [7, 11) is 0. The molecule has 0 aliphatic heterocycles. The molecule has 11 heteroatoms. The Labute approximate surface area is 151 Å². The molecule has 0 N–H and O–H groups in total. The van der Waals surface area contributed by atoms with E-state index in [0.717, 1.165) is 0 Å². The molecule has 0 saturated heterocycles. The third-order valence-electron chi connectivity index (χ3n) is 3.26. The largest absolute Gasteiger partial charge is 0.495 e. The second-order valence-electron chi connectivity index (χ2n) is 5.04. The van der Waals surface area contributed by atoms with Gasteiger partial charge in [0.1, 0.15) is 26.4 Å². The van der Waals surface area contributed by atoms with Crippen molar-refractivity contribution in [1.29, 1.82) is 0 Å². The normalized spacial score (nSPS) is 10.5. The SMILES string of the molecule is CC(=O)OCCN(CCOC=O)CCN(CCOC=O)CCOC(=O)F. The zero-order chi connectivity index (χ0) is 19.6. The van der Waals surface area contributed by atoms with Crippen LogP contribution >= 0.6 is 0 Å². The molecule has 0 rings (SSSR count). The molecule has 0 fully saturated rings. The van der Waals surface area contributed by atoms with Crippen molar-refractivity contribution in [3.8, 4) is 0 Å². The summed E-state index contributed by atoms with van der Waals surface area (Å²) in [5.74, 6) is -0.394. The van der Waals surface area contributed by atoms with Crippen LogP contribution in [0, 0.1) is 0 Å². The lowest BCUT2D eigenvalue weighted by molar-refractivity contribution is -0.141. The highest BCUT2D eigenvalue weighted by Gasteiger charge is 2.11. The summed E-state index contributed by atoms with van der Waals surface area (Å²) in [5, 5.41) is 0. The molecule has 0 saturated carbocycles. The molecule has 0 heterocycles. The first-order valence-corrected chi connectivity index (χ1v) is 8.00. The van der Waals surface area contributed by atoms with E-state index in [2.05, 4.69) is 14.2 Å². The molecule has 26 heavy (non-hydrogen) atoms. The number of esters is 1. The Morgan fingerprint density at radius 3 is 1.58 bits per heavy atom. The fraction of sp³-hybridized carbons (Fsp3) is 0.733. The topological polar surface area (TPSA) is 112 Å². The molecule has 0 amide bonds. The Morgan fingerprint density at radius 1 is 0.769 bits per heavy atom. The maximum Gasteiger partial charge on any atom is 0.495 e. The van der Waals surface area contributed by atoms with Gasteiger partial charge in [-0.25, -0.2) is 4.79 Å². The second kappa shape index (κ2) is 16.2. The average molecular weight is 380 g/mol. The van der Waals surface area contributed by atoms with Gasteiger partial charge in [0.25, 0.3) is 12.9 Å². The van der Waals surface area contributed by atoms with Gasteiger partial charge in [0.15, 0.2) is 0 Å². The number of hydrogen-bond donors (Lipinski definition) is 0. The molecule has 150 valence electrons. The minimum absolute atomic E-state index is 0.134. The van der Waals surface area contributed by atoms with E-state index >= 15 is 0 Å². The van der Waals surface area contributed by atoms with E-state index in [-0.39, 0.29) is 33.0 Å². The van der Waals surface area contributed by atoms with Gasteiger partial charge in [-0.15, -0.1) is 4.39 Å². The molecule has 0 aliphatic carbocycles. The van der Waals surface area contributed by atoms with Gasteiger partial charge in [0.2, 0.25) is 0 Å². The first kappa shape index (κ1) is 23.7. The Balaban J connectivity index is 4.43. The van der Waals surface area contributed by atoms with Crippen molar-refractivity contribution in [1.82, 2.24) is 9.80 Å². The summed E-state index contributed by atoms with van der Waals surface area (Å²) in [6.07, 6.45) is -1.86. The van der Waals surface area contributed by atoms with Crippen LogP contribution in [0.3, 0.4) is 0 Å². The van der Waals surface area contributed by atoms with E-state index < -0.39 is 12.2 Å². The lowest BCUT2D eigenvalue weighted by Gasteiger charge is -2.27. The van der Waals surface area contributed by atoms with Crippen molar-refractivity contribution in [3.63, 3.8) is 0 Å². The third-order valence-corrected chi connectivity index (χ3v) is 3.26. The van der Waals surface area contributed by atoms with E-state index in [1.165, 1.54) is 6.92 Å². The summed E-state index contributed by atoms with van der Waals surface area (Å²) in [6.45, 7) is 4.79. The standard InChI is InChI=1S/C15H25FN2O8/c1-14(21)25-10-6-17(4-8-23-12-19)2-3-18(5-9-24-13-20)7-11-26-15(16)22/h12-13H,2-11H2,1H3. The zero-order valence-corrected chi connectivity index (χ0v) is 14.8. The molecule has 0 spiro atoms. The van der Waals surface area contributed by atoms with Gasteiger partial charge in [-0.05, 0) is 0 Å². The van der Waals surface area contributed by atoms with Gasteiger partial charge in [0.05, 0.1) is 0 Å². The van der Waals surface area contributed by atoms with Crippen molar-refractivity contribution in [2.45, 2.75) is 6.92 Å². The lowest BCUT2D eigenvalue weighted by atomic mass is 10.4. The Hall–Kier alpha value is -2.27. The van der Waals surface area contributed by atoms with Crippen LogP contribution in [0.2, 0.25) is 0 Å². The highest BCUT2D eigenvalue weighted by atomic mass is 19.1. The number of carbonyl (C=O) groups excluding carboxylic acids is 4. The van der Waals surface area contributed by atoms with E-state index in [1.54, 1.807) is 0 Å². The molecule has 0 unspecified atom stereocenters. The first-order valence-electron chi connectivity index (χ1n) is 8.00. The quantitative estimate of drug-likeness (QED) is 0.109. The van der Waals surface area contributed by atoms with Crippen LogP contribution in [-0.4, -0.2) is 101 Å². The number of carbonyl (C=O) groups is 4. The lowest BCUT2D eigenvalue weighted by Crippen LogP contribution is -2.41. The molecule has 10 nitrogen and oxygen atoms in total. The molecule has 0 atom stereocenters. The molecule has 0 aromatic carbocycles. The van der Waals surface area contributed by atoms with E-state index in [0.29, 0.717) is 45.7 Å². The van der Waals surface area contributed by atoms with Gasteiger partial charge >= 0.3 is 12.2 Å². The van der Waals surface area contributed by atoms with Gasteiger partial charge in [-0.1, -0.05) is 0 Å². The second-order valence-corrected chi connectivity index (χ2v) is 5.04. The Kier molecular flexibility index (Phi) is 14.8. The van der Waals surface area contributed by atoms with Crippen LogP contribution in [0.4, 0.5) is 9.18 Å². The molecule has 0 aromatic heterocycles. The van der Waals surface area contributed by atoms with Crippen LogP contribution in [0.1, 0.15) is 6.92 Å². The maximum absolute atomic E-state index is 12.1. The minimum atomic E-state index is -1.86. The van der Waals surface area contributed by atoms with Crippen LogP contribution < -0.4 is 0 Å². The zero-order valence-electron chi connectivity index (χ0n) is 14.8. The Bertz CT molecular complexity index is 386. The van der Waals surface area contributed by atoms with Gasteiger partial charge < -0.3 is 18.9 Å². The number of ether oxygens (including phenoxy) is 4. The van der Waals surface area contributed by atoms with Crippen LogP contribution in [0.15, 0.2) is 0 Å². The summed E-state index contributed by atoms with van der Waals surface area (Å²) in [5.41, 5.74) is 0. The summed E-state index contributed by atoms with van der Waals surface area (Å²) in [6, 6.07) is 0. The van der Waals surface area contributed by atoms with Crippen molar-refractivity contribution in [2.24, 2.45) is 0 Å². The van der Waals surface area contributed by atoms with Crippen LogP contribution in [0.5, 0.6) is 0 Å². The highest BCUT2D eigenvalue weighted by Crippen LogP contribution is 1.96. The summed E-state index contributed by atoms with van der Waals surface area (Å²) >= 11 is 0. The molecule has 0 aliphatic rings. The molecule has 0 bridgehead atoms. The number of nitrogens with zero attached hydrogens (tertiary/aromatic N) is 2. The predicted octanol–water partition coefficient (Wildman–Crippen LogP) is -0.394. The van der Waals surface area contributed by atoms with Crippen LogP contribution in [0.25, 0.3) is 0 Å². The predicted molar refractivity (Wildman–Crippen MR) is 86.0 cm³/mol. The first-order chi connectivity index (χ1) is 12.5. The van der Waals surface area contributed by atoms with Crippen LogP contribution in [-0.2, 0) is 33.3 Å². The smallest absolute Gasteiger partial charge is 0.467 e. The van der Waals surface area contributed by atoms with Gasteiger partial charge in [0, 0.05) is 46.2 Å². The summed E-state index contributed by atoms with van der Waals surface area (Å²) in [4.78, 5) is 45.2. The van der Waals surface area contributed by atoms with Gasteiger partial charge in [-0.2, -0.15) is 0 Å². The van der Waals surface area contributed by atoms with E-state index in [4.69, 9.17) is 4.74 Å². The monoisotopic (exact) mass is 380 g/mol. The fourth-order valence-electron chi connectivity index (χ4n) is 1.99. The average Bonchev–Trinajstić information content (AvgIpc) is 2.58. The number of rotatable bonds is 17.